The highest BCUT2D eigenvalue weighted by Crippen LogP contribution is 2.16. The van der Waals surface area contributed by atoms with Gasteiger partial charge < -0.3 is 15.0 Å². The lowest BCUT2D eigenvalue weighted by Crippen LogP contribution is -2.42. The van der Waals surface area contributed by atoms with Crippen molar-refractivity contribution in [1.82, 2.24) is 10.2 Å². The van der Waals surface area contributed by atoms with E-state index in [1.165, 1.54) is 0 Å². The Morgan fingerprint density at radius 3 is 2.81 bits per heavy atom. The van der Waals surface area contributed by atoms with Crippen molar-refractivity contribution < 1.29 is 9.53 Å². The summed E-state index contributed by atoms with van der Waals surface area (Å²) in [7, 11) is 1.87. The SMILES string of the molecule is CN(CC(C)(C)C)C(=O)C1CNCCOC1. The zero-order chi connectivity index (χ0) is 12.2. The second-order valence-corrected chi connectivity index (χ2v) is 5.73. The van der Waals surface area contributed by atoms with E-state index >= 15 is 0 Å². The van der Waals surface area contributed by atoms with Gasteiger partial charge in [0.1, 0.15) is 0 Å². The topological polar surface area (TPSA) is 41.6 Å². The second kappa shape index (κ2) is 5.64. The molecule has 0 aromatic rings. The van der Waals surface area contributed by atoms with Crippen LogP contribution in [0, 0.1) is 11.3 Å². The van der Waals surface area contributed by atoms with Crippen molar-refractivity contribution in [1.29, 1.82) is 0 Å². The molecule has 1 N–H and O–H groups in total. The van der Waals surface area contributed by atoms with Crippen LogP contribution in [0.2, 0.25) is 0 Å². The standard InChI is InChI=1S/C12H24N2O2/c1-12(2,3)9-14(4)11(15)10-7-13-5-6-16-8-10/h10,13H,5-9H2,1-4H3. The van der Waals surface area contributed by atoms with E-state index in [2.05, 4.69) is 26.1 Å². The molecule has 4 heteroatoms. The van der Waals surface area contributed by atoms with Gasteiger partial charge in [0.05, 0.1) is 19.1 Å². The Labute approximate surface area is 98.3 Å². The molecule has 1 aliphatic heterocycles. The number of rotatable bonds is 2. The van der Waals surface area contributed by atoms with E-state index in [0.717, 1.165) is 19.6 Å². The van der Waals surface area contributed by atoms with Gasteiger partial charge in [0, 0.05) is 26.7 Å². The molecule has 0 aromatic carbocycles. The molecule has 1 unspecified atom stereocenters. The number of carbonyl (C=O) groups excluding carboxylic acids is 1. The van der Waals surface area contributed by atoms with Crippen molar-refractivity contribution in [2.45, 2.75) is 20.8 Å². The second-order valence-electron chi connectivity index (χ2n) is 5.73. The van der Waals surface area contributed by atoms with Crippen molar-refractivity contribution in [3.05, 3.63) is 0 Å². The normalized spacial score (nSPS) is 22.6. The van der Waals surface area contributed by atoms with Crippen molar-refractivity contribution >= 4 is 5.91 Å². The van der Waals surface area contributed by atoms with Gasteiger partial charge in [-0.25, -0.2) is 0 Å². The average molecular weight is 228 g/mol. The highest BCUT2D eigenvalue weighted by molar-refractivity contribution is 5.79. The monoisotopic (exact) mass is 228 g/mol. The van der Waals surface area contributed by atoms with Crippen LogP contribution in [-0.4, -0.2) is 50.7 Å². The molecule has 4 nitrogen and oxygen atoms in total. The molecule has 0 saturated carbocycles. The van der Waals surface area contributed by atoms with E-state index in [1.807, 2.05) is 11.9 Å². The van der Waals surface area contributed by atoms with Crippen molar-refractivity contribution in [3.63, 3.8) is 0 Å². The lowest BCUT2D eigenvalue weighted by Gasteiger charge is -2.29. The molecule has 1 atom stereocenters. The zero-order valence-corrected chi connectivity index (χ0v) is 10.9. The van der Waals surface area contributed by atoms with Crippen LogP contribution in [0.15, 0.2) is 0 Å². The van der Waals surface area contributed by atoms with Gasteiger partial charge in [-0.2, -0.15) is 0 Å². The summed E-state index contributed by atoms with van der Waals surface area (Å²) in [4.78, 5) is 14.0. The molecule has 16 heavy (non-hydrogen) atoms. The number of nitrogens with one attached hydrogen (secondary N) is 1. The first kappa shape index (κ1) is 13.5. The molecule has 0 aliphatic carbocycles. The Bertz CT molecular complexity index is 228. The van der Waals surface area contributed by atoms with Gasteiger partial charge in [-0.05, 0) is 5.41 Å². The Balaban J connectivity index is 2.48. The maximum Gasteiger partial charge on any atom is 0.229 e. The summed E-state index contributed by atoms with van der Waals surface area (Å²) < 4.78 is 5.40. The highest BCUT2D eigenvalue weighted by Gasteiger charge is 2.26. The van der Waals surface area contributed by atoms with Crippen LogP contribution >= 0.6 is 0 Å². The van der Waals surface area contributed by atoms with E-state index in [0.29, 0.717) is 13.2 Å². The summed E-state index contributed by atoms with van der Waals surface area (Å²) in [5.41, 5.74) is 0.142. The largest absolute Gasteiger partial charge is 0.379 e. The van der Waals surface area contributed by atoms with Crippen molar-refractivity contribution in [2.24, 2.45) is 11.3 Å². The quantitative estimate of drug-likeness (QED) is 0.757. The minimum Gasteiger partial charge on any atom is -0.379 e. The fraction of sp³-hybridized carbons (Fsp3) is 0.917. The number of nitrogens with zero attached hydrogens (tertiary/aromatic N) is 1. The van der Waals surface area contributed by atoms with Gasteiger partial charge in [0.15, 0.2) is 0 Å². The molecule has 0 bridgehead atoms. The van der Waals surface area contributed by atoms with E-state index in [9.17, 15) is 4.79 Å². The van der Waals surface area contributed by atoms with E-state index < -0.39 is 0 Å². The number of amides is 1. The molecule has 1 aliphatic rings. The first-order valence-electron chi connectivity index (χ1n) is 5.93. The first-order chi connectivity index (χ1) is 7.40. The van der Waals surface area contributed by atoms with Gasteiger partial charge in [0.25, 0.3) is 0 Å². The molecule has 94 valence electrons. The smallest absolute Gasteiger partial charge is 0.229 e. The Morgan fingerprint density at radius 2 is 2.19 bits per heavy atom. The van der Waals surface area contributed by atoms with E-state index in [-0.39, 0.29) is 17.2 Å². The van der Waals surface area contributed by atoms with Crippen LogP contribution in [0.5, 0.6) is 0 Å². The number of hydrogen-bond acceptors (Lipinski definition) is 3. The molecule has 0 aromatic heterocycles. The lowest BCUT2D eigenvalue weighted by molar-refractivity contribution is -0.136. The molecule has 0 radical (unpaired) electrons. The minimum atomic E-state index is -0.0325. The number of hydrogen-bond donors (Lipinski definition) is 1. The van der Waals surface area contributed by atoms with Crippen LogP contribution in [0.25, 0.3) is 0 Å². The average Bonchev–Trinajstić information content (AvgIpc) is 2.41. The summed E-state index contributed by atoms with van der Waals surface area (Å²) in [6.07, 6.45) is 0. The van der Waals surface area contributed by atoms with Gasteiger partial charge in [-0.1, -0.05) is 20.8 Å². The molecule has 1 heterocycles. The molecule has 1 fully saturated rings. The Hall–Kier alpha value is -0.610. The minimum absolute atomic E-state index is 0.0325. The van der Waals surface area contributed by atoms with Crippen LogP contribution in [0.4, 0.5) is 0 Å². The molecule has 1 rings (SSSR count). The fourth-order valence-corrected chi connectivity index (χ4v) is 1.96. The molecule has 1 amide bonds. The Kier molecular flexibility index (Phi) is 4.74. The zero-order valence-electron chi connectivity index (χ0n) is 10.9. The summed E-state index contributed by atoms with van der Waals surface area (Å²) in [5, 5.41) is 3.22. The maximum atomic E-state index is 12.1. The van der Waals surface area contributed by atoms with Gasteiger partial charge in [-0.15, -0.1) is 0 Å². The van der Waals surface area contributed by atoms with Gasteiger partial charge in [0.2, 0.25) is 5.91 Å². The fourth-order valence-electron chi connectivity index (χ4n) is 1.96. The predicted molar refractivity (Wildman–Crippen MR) is 64.3 cm³/mol. The first-order valence-corrected chi connectivity index (χ1v) is 5.93. The molecule has 1 saturated heterocycles. The molecule has 0 spiro atoms. The highest BCUT2D eigenvalue weighted by atomic mass is 16.5. The van der Waals surface area contributed by atoms with Crippen molar-refractivity contribution in [2.75, 3.05) is 39.9 Å². The number of carbonyl (C=O) groups is 1. The van der Waals surface area contributed by atoms with Gasteiger partial charge >= 0.3 is 0 Å². The summed E-state index contributed by atoms with van der Waals surface area (Å²) in [6.45, 7) is 10.0. The predicted octanol–water partition coefficient (Wildman–Crippen LogP) is 0.727. The van der Waals surface area contributed by atoms with Crippen LogP contribution in [0.3, 0.4) is 0 Å². The third-order valence-corrected chi connectivity index (χ3v) is 2.57. The third kappa shape index (κ3) is 4.49. The molecular weight excluding hydrogens is 204 g/mol. The third-order valence-electron chi connectivity index (χ3n) is 2.57. The molecular formula is C12H24N2O2. The van der Waals surface area contributed by atoms with Crippen LogP contribution < -0.4 is 5.32 Å². The summed E-state index contributed by atoms with van der Waals surface area (Å²) in [6, 6.07) is 0. The van der Waals surface area contributed by atoms with Crippen molar-refractivity contribution in [3.8, 4) is 0 Å². The summed E-state index contributed by atoms with van der Waals surface area (Å²) >= 11 is 0. The van der Waals surface area contributed by atoms with Crippen LogP contribution in [-0.2, 0) is 9.53 Å². The Morgan fingerprint density at radius 1 is 1.50 bits per heavy atom. The maximum absolute atomic E-state index is 12.1. The van der Waals surface area contributed by atoms with Gasteiger partial charge in [-0.3, -0.25) is 4.79 Å². The van der Waals surface area contributed by atoms with Crippen LogP contribution in [0.1, 0.15) is 20.8 Å². The lowest BCUT2D eigenvalue weighted by atomic mass is 9.95. The van der Waals surface area contributed by atoms with E-state index in [1.54, 1.807) is 0 Å². The number of ether oxygens (including phenoxy) is 1. The van der Waals surface area contributed by atoms with E-state index in [4.69, 9.17) is 4.74 Å². The summed E-state index contributed by atoms with van der Waals surface area (Å²) in [5.74, 6) is 0.152.